The summed E-state index contributed by atoms with van der Waals surface area (Å²) in [5.74, 6) is 0. The Labute approximate surface area is 95.5 Å². The highest BCUT2D eigenvalue weighted by Crippen LogP contribution is 2.22. The van der Waals surface area contributed by atoms with E-state index in [1.54, 1.807) is 0 Å². The monoisotopic (exact) mass is 241 g/mol. The predicted octanol–water partition coefficient (Wildman–Crippen LogP) is 3.12. The van der Waals surface area contributed by atoms with Crippen molar-refractivity contribution >= 4 is 0 Å². The van der Waals surface area contributed by atoms with Crippen molar-refractivity contribution in [3.8, 4) is 0 Å². The maximum atomic E-state index is 12.0. The maximum absolute atomic E-state index is 12.0. The van der Waals surface area contributed by atoms with Crippen molar-refractivity contribution in [2.24, 2.45) is 0 Å². The Hall–Kier alpha value is -0.290. The van der Waals surface area contributed by atoms with E-state index in [-0.39, 0.29) is 12.1 Å². The lowest BCUT2D eigenvalue weighted by Gasteiger charge is -2.20. The fourth-order valence-electron chi connectivity index (χ4n) is 1.05. The van der Waals surface area contributed by atoms with E-state index in [0.29, 0.717) is 6.42 Å². The average Bonchev–Trinajstić information content (AvgIpc) is 2.07. The standard InChI is InChI=1S/C11H22F3NO/c1-9(11(12,13)14)16-8-6-5-7-15-10(2,3)4/h9,15H,5-8H2,1-4H3. The van der Waals surface area contributed by atoms with Gasteiger partial charge in [0.15, 0.2) is 6.10 Å². The molecule has 0 aliphatic rings. The number of unbranched alkanes of at least 4 members (excludes halogenated alkanes) is 1. The number of nitrogens with one attached hydrogen (secondary N) is 1. The molecule has 0 heterocycles. The summed E-state index contributed by atoms with van der Waals surface area (Å²) in [6, 6.07) is 0. The SMILES string of the molecule is CC(OCCCCNC(C)(C)C)C(F)(F)F. The summed E-state index contributed by atoms with van der Waals surface area (Å²) >= 11 is 0. The van der Waals surface area contributed by atoms with Gasteiger partial charge in [-0.3, -0.25) is 0 Å². The molecule has 1 N–H and O–H groups in total. The van der Waals surface area contributed by atoms with Gasteiger partial charge in [-0.25, -0.2) is 0 Å². The van der Waals surface area contributed by atoms with Crippen LogP contribution in [0.25, 0.3) is 0 Å². The van der Waals surface area contributed by atoms with Gasteiger partial charge in [0.2, 0.25) is 0 Å². The van der Waals surface area contributed by atoms with Gasteiger partial charge >= 0.3 is 6.18 Å². The first-order valence-corrected chi connectivity index (χ1v) is 5.56. The third kappa shape index (κ3) is 8.97. The van der Waals surface area contributed by atoms with E-state index < -0.39 is 12.3 Å². The molecule has 1 unspecified atom stereocenters. The Morgan fingerprint density at radius 1 is 1.12 bits per heavy atom. The zero-order valence-electron chi connectivity index (χ0n) is 10.4. The fourth-order valence-corrected chi connectivity index (χ4v) is 1.05. The quantitative estimate of drug-likeness (QED) is 0.721. The number of alkyl halides is 3. The van der Waals surface area contributed by atoms with Crippen molar-refractivity contribution in [3.63, 3.8) is 0 Å². The minimum absolute atomic E-state index is 0.0557. The average molecular weight is 241 g/mol. The van der Waals surface area contributed by atoms with Gasteiger partial charge in [-0.05, 0) is 47.1 Å². The van der Waals surface area contributed by atoms with Crippen molar-refractivity contribution in [1.29, 1.82) is 0 Å². The van der Waals surface area contributed by atoms with Crippen LogP contribution in [-0.4, -0.2) is 31.0 Å². The first-order chi connectivity index (χ1) is 7.13. The molecule has 0 aromatic carbocycles. The van der Waals surface area contributed by atoms with E-state index in [1.165, 1.54) is 0 Å². The third-order valence-electron chi connectivity index (χ3n) is 2.06. The molecule has 0 fully saturated rings. The normalized spacial score (nSPS) is 15.2. The molecule has 1 atom stereocenters. The molecule has 0 aromatic heterocycles. The third-order valence-corrected chi connectivity index (χ3v) is 2.06. The van der Waals surface area contributed by atoms with Gasteiger partial charge in [0.25, 0.3) is 0 Å². The minimum atomic E-state index is -4.25. The molecule has 0 radical (unpaired) electrons. The lowest BCUT2D eigenvalue weighted by atomic mass is 10.1. The van der Waals surface area contributed by atoms with Crippen LogP contribution in [0.2, 0.25) is 0 Å². The molecule has 0 rings (SSSR count). The van der Waals surface area contributed by atoms with Gasteiger partial charge in [0.05, 0.1) is 0 Å². The van der Waals surface area contributed by atoms with E-state index in [0.717, 1.165) is 19.9 Å². The summed E-state index contributed by atoms with van der Waals surface area (Å²) in [7, 11) is 0. The van der Waals surface area contributed by atoms with Crippen LogP contribution in [0.15, 0.2) is 0 Å². The number of ether oxygens (including phenoxy) is 1. The van der Waals surface area contributed by atoms with Crippen molar-refractivity contribution < 1.29 is 17.9 Å². The summed E-state index contributed by atoms with van der Waals surface area (Å²) < 4.78 is 40.8. The van der Waals surface area contributed by atoms with Crippen LogP contribution < -0.4 is 5.32 Å². The Morgan fingerprint density at radius 3 is 2.12 bits per heavy atom. The van der Waals surface area contributed by atoms with Crippen LogP contribution in [0.3, 0.4) is 0 Å². The van der Waals surface area contributed by atoms with Gasteiger partial charge in [-0.1, -0.05) is 0 Å². The molecule has 0 aliphatic heterocycles. The highest BCUT2D eigenvalue weighted by Gasteiger charge is 2.36. The highest BCUT2D eigenvalue weighted by molar-refractivity contribution is 4.69. The largest absolute Gasteiger partial charge is 0.414 e. The van der Waals surface area contributed by atoms with E-state index >= 15 is 0 Å². The van der Waals surface area contributed by atoms with E-state index in [4.69, 9.17) is 0 Å². The van der Waals surface area contributed by atoms with E-state index in [2.05, 4.69) is 30.8 Å². The maximum Gasteiger partial charge on any atom is 0.414 e. The van der Waals surface area contributed by atoms with Gasteiger partial charge in [0, 0.05) is 12.1 Å². The number of hydrogen-bond acceptors (Lipinski definition) is 2. The van der Waals surface area contributed by atoms with Gasteiger partial charge in [-0.15, -0.1) is 0 Å². The Balaban J connectivity index is 3.41. The van der Waals surface area contributed by atoms with Crippen LogP contribution in [0.5, 0.6) is 0 Å². The lowest BCUT2D eigenvalue weighted by Crippen LogP contribution is -2.36. The predicted molar refractivity (Wildman–Crippen MR) is 58.5 cm³/mol. The van der Waals surface area contributed by atoms with Crippen LogP contribution >= 0.6 is 0 Å². The molecular weight excluding hydrogens is 219 g/mol. The molecule has 0 saturated heterocycles. The minimum Gasteiger partial charge on any atom is -0.369 e. The number of halogens is 3. The fraction of sp³-hybridized carbons (Fsp3) is 1.00. The topological polar surface area (TPSA) is 21.3 Å². The van der Waals surface area contributed by atoms with Crippen LogP contribution in [0.1, 0.15) is 40.5 Å². The first kappa shape index (κ1) is 15.7. The Bertz CT molecular complexity index is 187. The molecule has 98 valence electrons. The Morgan fingerprint density at radius 2 is 1.69 bits per heavy atom. The molecular formula is C11H22F3NO. The van der Waals surface area contributed by atoms with E-state index in [1.807, 2.05) is 0 Å². The van der Waals surface area contributed by atoms with E-state index in [9.17, 15) is 13.2 Å². The molecule has 0 saturated carbocycles. The zero-order chi connectivity index (χ0) is 12.8. The second-order valence-electron chi connectivity index (χ2n) is 4.94. The number of hydrogen-bond donors (Lipinski definition) is 1. The van der Waals surface area contributed by atoms with Crippen LogP contribution in [0.4, 0.5) is 13.2 Å². The van der Waals surface area contributed by atoms with Crippen molar-refractivity contribution in [2.45, 2.75) is 58.4 Å². The molecule has 0 aliphatic carbocycles. The van der Waals surface area contributed by atoms with Gasteiger partial charge in [0.1, 0.15) is 0 Å². The highest BCUT2D eigenvalue weighted by atomic mass is 19.4. The van der Waals surface area contributed by atoms with Crippen LogP contribution in [-0.2, 0) is 4.74 Å². The summed E-state index contributed by atoms with van der Waals surface area (Å²) in [5, 5.41) is 3.26. The molecule has 0 aromatic rings. The van der Waals surface area contributed by atoms with Crippen molar-refractivity contribution in [3.05, 3.63) is 0 Å². The van der Waals surface area contributed by atoms with Crippen molar-refractivity contribution in [2.75, 3.05) is 13.2 Å². The molecule has 16 heavy (non-hydrogen) atoms. The first-order valence-electron chi connectivity index (χ1n) is 5.56. The summed E-state index contributed by atoms with van der Waals surface area (Å²) in [4.78, 5) is 0. The molecule has 0 amide bonds. The molecule has 0 bridgehead atoms. The second-order valence-corrected chi connectivity index (χ2v) is 4.94. The van der Waals surface area contributed by atoms with Crippen LogP contribution in [0, 0.1) is 0 Å². The summed E-state index contributed by atoms with van der Waals surface area (Å²) in [6.07, 6.45) is -4.45. The van der Waals surface area contributed by atoms with Gasteiger partial charge < -0.3 is 10.1 Å². The Kier molecular flexibility index (Phi) is 6.33. The smallest absolute Gasteiger partial charge is 0.369 e. The summed E-state index contributed by atoms with van der Waals surface area (Å²) in [6.45, 7) is 8.15. The molecule has 0 spiro atoms. The molecule has 5 heteroatoms. The lowest BCUT2D eigenvalue weighted by molar-refractivity contribution is -0.214. The van der Waals surface area contributed by atoms with Gasteiger partial charge in [-0.2, -0.15) is 13.2 Å². The second kappa shape index (κ2) is 6.45. The van der Waals surface area contributed by atoms with Crippen molar-refractivity contribution in [1.82, 2.24) is 5.32 Å². The number of rotatable bonds is 6. The molecule has 2 nitrogen and oxygen atoms in total. The zero-order valence-corrected chi connectivity index (χ0v) is 10.4. The summed E-state index contributed by atoms with van der Waals surface area (Å²) in [5.41, 5.74) is 0.0557.